The lowest BCUT2D eigenvalue weighted by atomic mass is 9.97. The summed E-state index contributed by atoms with van der Waals surface area (Å²) in [6, 6.07) is 7.66. The van der Waals surface area contributed by atoms with E-state index in [0.717, 1.165) is 32.2 Å². The number of hydrogen-bond donors (Lipinski definition) is 3. The average Bonchev–Trinajstić information content (AvgIpc) is 3.09. The fraction of sp³-hybridized carbons (Fsp3) is 0.600. The summed E-state index contributed by atoms with van der Waals surface area (Å²) in [5.41, 5.74) is 1.87. The molecular weight excluding hydrogens is 330 g/mol. The molecule has 1 aromatic rings. The van der Waals surface area contributed by atoms with E-state index in [9.17, 15) is 14.7 Å². The minimum absolute atomic E-state index is 0.0392. The first-order valence-electron chi connectivity index (χ1n) is 9.51. The van der Waals surface area contributed by atoms with Crippen LogP contribution in [0.5, 0.6) is 0 Å². The highest BCUT2D eigenvalue weighted by Gasteiger charge is 2.37. The summed E-state index contributed by atoms with van der Waals surface area (Å²) in [6.45, 7) is 4.00. The number of amides is 2. The summed E-state index contributed by atoms with van der Waals surface area (Å²) in [4.78, 5) is 27.1. The van der Waals surface area contributed by atoms with Gasteiger partial charge in [-0.25, -0.2) is 0 Å². The van der Waals surface area contributed by atoms with Gasteiger partial charge in [-0.05, 0) is 30.9 Å². The van der Waals surface area contributed by atoms with Gasteiger partial charge in [-0.2, -0.15) is 0 Å². The van der Waals surface area contributed by atoms with E-state index in [2.05, 4.69) is 34.6 Å². The molecule has 1 atom stereocenters. The molecule has 0 spiro atoms. The van der Waals surface area contributed by atoms with Gasteiger partial charge >= 0.3 is 0 Å². The highest BCUT2D eigenvalue weighted by Crippen LogP contribution is 2.29. The van der Waals surface area contributed by atoms with Crippen molar-refractivity contribution in [1.29, 1.82) is 0 Å². The largest absolute Gasteiger partial charge is 0.394 e. The Hall–Kier alpha value is -1.92. The first kappa shape index (κ1) is 18.9. The van der Waals surface area contributed by atoms with E-state index in [1.807, 2.05) is 12.1 Å². The van der Waals surface area contributed by atoms with E-state index in [4.69, 9.17) is 0 Å². The molecule has 0 bridgehead atoms. The lowest BCUT2D eigenvalue weighted by molar-refractivity contribution is -0.135. The Morgan fingerprint density at radius 1 is 1.35 bits per heavy atom. The second-order valence-corrected chi connectivity index (χ2v) is 7.60. The molecule has 1 aromatic carbocycles. The number of aliphatic hydroxyl groups is 1. The molecule has 0 unspecified atom stereocenters. The molecular formula is C20H29N3O3. The zero-order valence-corrected chi connectivity index (χ0v) is 15.5. The molecule has 3 N–H and O–H groups in total. The van der Waals surface area contributed by atoms with Crippen molar-refractivity contribution in [1.82, 2.24) is 15.5 Å². The van der Waals surface area contributed by atoms with Gasteiger partial charge < -0.3 is 15.7 Å². The maximum atomic E-state index is 12.6. The van der Waals surface area contributed by atoms with Crippen LogP contribution in [0.15, 0.2) is 24.3 Å². The Morgan fingerprint density at radius 2 is 2.08 bits per heavy atom. The third-order valence-corrected chi connectivity index (χ3v) is 5.72. The molecule has 2 fully saturated rings. The molecule has 6 nitrogen and oxygen atoms in total. The van der Waals surface area contributed by atoms with Crippen LogP contribution in [0.3, 0.4) is 0 Å². The number of benzene rings is 1. The topological polar surface area (TPSA) is 81.7 Å². The Balaban J connectivity index is 1.67. The SMILES string of the molecule is Cc1ccccc1CN1CCNC(=O)[C@@H]1CC(=O)NC1(CO)CCCC1. The van der Waals surface area contributed by atoms with Crippen molar-refractivity contribution < 1.29 is 14.7 Å². The van der Waals surface area contributed by atoms with Crippen LogP contribution in [-0.4, -0.2) is 53.1 Å². The fourth-order valence-corrected chi connectivity index (χ4v) is 4.08. The number of piperazine rings is 1. The van der Waals surface area contributed by atoms with Crippen LogP contribution in [0.4, 0.5) is 0 Å². The minimum atomic E-state index is -0.497. The van der Waals surface area contributed by atoms with Gasteiger partial charge in [0.25, 0.3) is 0 Å². The third-order valence-electron chi connectivity index (χ3n) is 5.72. The summed E-state index contributed by atoms with van der Waals surface area (Å²) in [5.74, 6) is -0.248. The number of aryl methyl sites for hydroxylation is 1. The molecule has 142 valence electrons. The Bertz CT molecular complexity index is 655. The normalized spacial score (nSPS) is 22.8. The van der Waals surface area contributed by atoms with Crippen LogP contribution < -0.4 is 10.6 Å². The number of carbonyl (C=O) groups is 2. The highest BCUT2D eigenvalue weighted by molar-refractivity contribution is 5.89. The summed E-state index contributed by atoms with van der Waals surface area (Å²) in [5, 5.41) is 15.6. The van der Waals surface area contributed by atoms with E-state index in [1.165, 1.54) is 11.1 Å². The Kier molecular flexibility index (Phi) is 5.94. The monoisotopic (exact) mass is 359 g/mol. The zero-order chi connectivity index (χ0) is 18.6. The molecule has 1 heterocycles. The van der Waals surface area contributed by atoms with Crippen LogP contribution in [0.1, 0.15) is 43.2 Å². The van der Waals surface area contributed by atoms with Gasteiger partial charge in [-0.1, -0.05) is 37.1 Å². The van der Waals surface area contributed by atoms with Gasteiger partial charge in [0.1, 0.15) is 0 Å². The zero-order valence-electron chi connectivity index (χ0n) is 15.5. The van der Waals surface area contributed by atoms with Crippen molar-refractivity contribution in [2.75, 3.05) is 19.7 Å². The van der Waals surface area contributed by atoms with Crippen molar-refractivity contribution in [2.45, 2.75) is 57.2 Å². The lowest BCUT2D eigenvalue weighted by Crippen LogP contribution is -2.57. The van der Waals surface area contributed by atoms with Crippen LogP contribution in [0.25, 0.3) is 0 Å². The standard InChI is InChI=1S/C20H29N3O3/c1-15-6-2-3-7-16(15)13-23-11-10-21-19(26)17(23)12-18(25)22-20(14-24)8-4-5-9-20/h2-3,6-7,17,24H,4-5,8-14H2,1H3,(H,21,26)(H,22,25)/t17-/m0/s1. The summed E-state index contributed by atoms with van der Waals surface area (Å²) in [6.07, 6.45) is 3.77. The predicted molar refractivity (Wildman–Crippen MR) is 99.4 cm³/mol. The molecule has 1 aliphatic heterocycles. The van der Waals surface area contributed by atoms with Crippen LogP contribution in [0, 0.1) is 6.92 Å². The van der Waals surface area contributed by atoms with E-state index in [1.54, 1.807) is 0 Å². The van der Waals surface area contributed by atoms with Crippen LogP contribution in [0.2, 0.25) is 0 Å². The Labute approximate surface area is 155 Å². The first-order chi connectivity index (χ1) is 12.5. The average molecular weight is 359 g/mol. The molecule has 1 saturated heterocycles. The second kappa shape index (κ2) is 8.18. The molecule has 26 heavy (non-hydrogen) atoms. The van der Waals surface area contributed by atoms with E-state index in [0.29, 0.717) is 13.1 Å². The quantitative estimate of drug-likeness (QED) is 0.711. The number of nitrogens with one attached hydrogen (secondary N) is 2. The molecule has 2 amide bonds. The maximum Gasteiger partial charge on any atom is 0.237 e. The predicted octanol–water partition coefficient (Wildman–Crippen LogP) is 1.11. The first-order valence-corrected chi connectivity index (χ1v) is 9.51. The molecule has 3 rings (SSSR count). The number of nitrogens with zero attached hydrogens (tertiary/aromatic N) is 1. The summed E-state index contributed by atoms with van der Waals surface area (Å²) < 4.78 is 0. The number of rotatable bonds is 6. The van der Waals surface area contributed by atoms with Crippen LogP contribution >= 0.6 is 0 Å². The maximum absolute atomic E-state index is 12.6. The molecule has 6 heteroatoms. The Morgan fingerprint density at radius 3 is 2.77 bits per heavy atom. The molecule has 2 aliphatic rings. The number of carbonyl (C=O) groups excluding carboxylic acids is 2. The van der Waals surface area contributed by atoms with Crippen molar-refractivity contribution in [3.8, 4) is 0 Å². The summed E-state index contributed by atoms with van der Waals surface area (Å²) >= 11 is 0. The fourth-order valence-electron chi connectivity index (χ4n) is 4.08. The van der Waals surface area contributed by atoms with Gasteiger partial charge in [0, 0.05) is 19.6 Å². The van der Waals surface area contributed by atoms with E-state index in [-0.39, 0.29) is 24.8 Å². The molecule has 1 aliphatic carbocycles. The van der Waals surface area contributed by atoms with E-state index < -0.39 is 11.6 Å². The highest BCUT2D eigenvalue weighted by atomic mass is 16.3. The molecule has 1 saturated carbocycles. The number of aliphatic hydroxyl groups excluding tert-OH is 1. The van der Waals surface area contributed by atoms with Crippen molar-refractivity contribution in [3.63, 3.8) is 0 Å². The van der Waals surface area contributed by atoms with E-state index >= 15 is 0 Å². The molecule has 0 radical (unpaired) electrons. The summed E-state index contributed by atoms with van der Waals surface area (Å²) in [7, 11) is 0. The number of hydrogen-bond acceptors (Lipinski definition) is 4. The molecule has 0 aromatic heterocycles. The van der Waals surface area contributed by atoms with Crippen molar-refractivity contribution in [2.24, 2.45) is 0 Å². The van der Waals surface area contributed by atoms with Gasteiger partial charge in [-0.15, -0.1) is 0 Å². The van der Waals surface area contributed by atoms with Gasteiger partial charge in [0.2, 0.25) is 11.8 Å². The van der Waals surface area contributed by atoms with Crippen LogP contribution in [-0.2, 0) is 16.1 Å². The second-order valence-electron chi connectivity index (χ2n) is 7.60. The third kappa shape index (κ3) is 4.24. The van der Waals surface area contributed by atoms with Gasteiger partial charge in [0.05, 0.1) is 24.6 Å². The minimum Gasteiger partial charge on any atom is -0.394 e. The van der Waals surface area contributed by atoms with Crippen molar-refractivity contribution >= 4 is 11.8 Å². The van der Waals surface area contributed by atoms with Crippen molar-refractivity contribution in [3.05, 3.63) is 35.4 Å². The van der Waals surface area contributed by atoms with Gasteiger partial charge in [-0.3, -0.25) is 14.5 Å². The lowest BCUT2D eigenvalue weighted by Gasteiger charge is -2.36. The van der Waals surface area contributed by atoms with Gasteiger partial charge in [0.15, 0.2) is 0 Å². The smallest absolute Gasteiger partial charge is 0.237 e.